The minimum absolute atomic E-state index is 0.0329. The number of ether oxygens (including phenoxy) is 5. The van der Waals surface area contributed by atoms with E-state index in [9.17, 15) is 10.3 Å². The number of aliphatic imine (C=N–C) groups is 1. The van der Waals surface area contributed by atoms with E-state index in [-0.39, 0.29) is 25.5 Å². The van der Waals surface area contributed by atoms with Crippen LogP contribution in [0.4, 0.5) is 5.69 Å². The third kappa shape index (κ3) is 7.92. The third-order valence-electron chi connectivity index (χ3n) is 8.05. The fraction of sp³-hybridized carbons (Fsp3) is 0.278. The lowest BCUT2D eigenvalue weighted by Gasteiger charge is -2.31. The summed E-state index contributed by atoms with van der Waals surface area (Å²) in [5.41, 5.74) is 10.7. The Kier molecular flexibility index (Phi) is 11.6. The number of benzene rings is 4. The number of hydrogen-bond acceptors (Lipinski definition) is 9. The number of carbonyl (C=O) groups is 1. The summed E-state index contributed by atoms with van der Waals surface area (Å²) < 4.78 is 29.8. The lowest BCUT2D eigenvalue weighted by Crippen LogP contribution is -2.49. The van der Waals surface area contributed by atoms with E-state index in [0.717, 1.165) is 4.47 Å². The predicted molar refractivity (Wildman–Crippen MR) is 188 cm³/mol. The average molecular weight is 731 g/mol. The molecule has 4 aromatic rings. The van der Waals surface area contributed by atoms with Gasteiger partial charge in [-0.25, -0.2) is 4.99 Å². The van der Waals surface area contributed by atoms with Gasteiger partial charge in [0.25, 0.3) is 5.91 Å². The van der Waals surface area contributed by atoms with Crippen LogP contribution in [0.15, 0.2) is 99.5 Å². The molecule has 0 fully saturated rings. The van der Waals surface area contributed by atoms with Crippen molar-refractivity contribution >= 4 is 33.4 Å². The highest BCUT2D eigenvalue weighted by atomic mass is 79.9. The molecule has 0 aliphatic carbocycles. The number of hydrogen-bond donors (Lipinski definition) is 2. The highest BCUT2D eigenvalue weighted by Gasteiger charge is 2.53. The molecule has 2 N–H and O–H groups in total. The molecular weight excluding hydrogens is 694 g/mol. The molecule has 5 rings (SSSR count). The second-order valence-corrected chi connectivity index (χ2v) is 11.9. The maximum atomic E-state index is 14.8. The second kappa shape index (κ2) is 16.2. The van der Waals surface area contributed by atoms with Gasteiger partial charge < -0.3 is 34.1 Å². The number of rotatable bonds is 15. The molecule has 12 nitrogen and oxygen atoms in total. The van der Waals surface area contributed by atoms with Crippen molar-refractivity contribution in [3.8, 4) is 23.0 Å². The number of nitrogens with zero attached hydrogens (tertiary/aromatic N) is 4. The molecular formula is C36H36BrN5O7. The van der Waals surface area contributed by atoms with Gasteiger partial charge in [-0.15, -0.1) is 0 Å². The quantitative estimate of drug-likeness (QED) is 0.0578. The van der Waals surface area contributed by atoms with Gasteiger partial charge in [-0.2, -0.15) is 0 Å². The van der Waals surface area contributed by atoms with Crippen LogP contribution in [-0.4, -0.2) is 57.0 Å². The summed E-state index contributed by atoms with van der Waals surface area (Å²) in [5.74, 6) is 1.91. The monoisotopic (exact) mass is 729 g/mol. The smallest absolute Gasteiger partial charge is 0.252 e. The van der Waals surface area contributed by atoms with Gasteiger partial charge in [-0.3, -0.25) is 4.79 Å². The van der Waals surface area contributed by atoms with Gasteiger partial charge in [-0.1, -0.05) is 57.4 Å². The van der Waals surface area contributed by atoms with Crippen LogP contribution < -0.4 is 24.3 Å². The number of azide groups is 1. The number of aliphatic hydroxyl groups is 1. The molecule has 49 heavy (non-hydrogen) atoms. The van der Waals surface area contributed by atoms with E-state index in [1.165, 1.54) is 14.2 Å². The number of aliphatic hydroxyl groups excluding tert-OH is 1. The Bertz CT molecular complexity index is 1820. The van der Waals surface area contributed by atoms with E-state index in [1.807, 2.05) is 30.3 Å². The molecule has 4 aromatic carbocycles. The summed E-state index contributed by atoms with van der Waals surface area (Å²) >= 11 is 3.50. The van der Waals surface area contributed by atoms with Crippen LogP contribution in [-0.2, 0) is 22.5 Å². The van der Waals surface area contributed by atoms with Crippen LogP contribution in [0.3, 0.4) is 0 Å². The van der Waals surface area contributed by atoms with Gasteiger partial charge >= 0.3 is 0 Å². The van der Waals surface area contributed by atoms with E-state index < -0.39 is 17.6 Å². The number of halogens is 1. The number of methoxy groups -OCH3 is 3. The van der Waals surface area contributed by atoms with E-state index in [2.05, 4.69) is 31.3 Å². The average Bonchev–Trinajstić information content (AvgIpc) is 3.52. The molecule has 1 heterocycles. The summed E-state index contributed by atoms with van der Waals surface area (Å²) in [5, 5.41) is 16.1. The Morgan fingerprint density at radius 2 is 1.69 bits per heavy atom. The first kappa shape index (κ1) is 35.1. The van der Waals surface area contributed by atoms with Crippen molar-refractivity contribution in [3.05, 3.63) is 122 Å². The van der Waals surface area contributed by atoms with Gasteiger partial charge in [-0.05, 0) is 53.1 Å². The van der Waals surface area contributed by atoms with Crippen LogP contribution in [0, 0.1) is 0 Å². The molecule has 0 radical (unpaired) electrons. The van der Waals surface area contributed by atoms with E-state index in [4.69, 9.17) is 33.8 Å². The molecule has 13 heteroatoms. The van der Waals surface area contributed by atoms with Gasteiger partial charge in [0.05, 0.1) is 40.0 Å². The third-order valence-corrected chi connectivity index (χ3v) is 8.58. The topological polar surface area (TPSA) is 157 Å². The number of amides is 1. The van der Waals surface area contributed by atoms with Crippen molar-refractivity contribution in [2.45, 2.75) is 31.0 Å². The summed E-state index contributed by atoms with van der Waals surface area (Å²) in [6, 6.07) is 25.2. The normalized spacial score (nSPS) is 16.5. The molecule has 2 atom stereocenters. The first-order valence-electron chi connectivity index (χ1n) is 15.4. The molecule has 0 saturated carbocycles. The molecule has 0 bridgehead atoms. The zero-order chi connectivity index (χ0) is 34.8. The number of nitrogens with one attached hydrogen (secondary N) is 1. The van der Waals surface area contributed by atoms with Crippen molar-refractivity contribution < 1.29 is 33.6 Å². The Labute approximate surface area is 292 Å². The lowest BCUT2D eigenvalue weighted by molar-refractivity contribution is -0.129. The molecule has 1 aliphatic heterocycles. The fourth-order valence-electron chi connectivity index (χ4n) is 5.59. The summed E-state index contributed by atoms with van der Waals surface area (Å²) in [7, 11) is 4.60. The minimum atomic E-state index is -1.56. The van der Waals surface area contributed by atoms with Crippen molar-refractivity contribution in [3.63, 3.8) is 0 Å². The van der Waals surface area contributed by atoms with Crippen molar-refractivity contribution in [2.75, 3.05) is 34.5 Å². The summed E-state index contributed by atoms with van der Waals surface area (Å²) in [4.78, 5) is 22.9. The molecule has 254 valence electrons. The van der Waals surface area contributed by atoms with Crippen LogP contribution in [0.1, 0.15) is 34.8 Å². The highest BCUT2D eigenvalue weighted by Crippen LogP contribution is 2.44. The van der Waals surface area contributed by atoms with Crippen molar-refractivity contribution in [1.82, 2.24) is 5.32 Å². The standard InChI is InChI=1S/C36H36BrN5O7/c1-45-28-19-31(46-2)29(32(20-28)47-3)22-39-35(44)36(21-25-7-4-5-8-30(25)41-42-38)33(23-9-13-26(37)14-10-23)49-34(40-36)24-11-15-27(16-12-24)48-18-6-17-43/h4-5,7-16,19-20,33,43H,6,17-18,21-22H2,1-3H3,(H,39,44)/t33-,36-/m1/s1. The largest absolute Gasteiger partial charge is 0.496 e. The van der Waals surface area contributed by atoms with Crippen LogP contribution in [0.2, 0.25) is 0 Å². The maximum absolute atomic E-state index is 14.8. The fourth-order valence-corrected chi connectivity index (χ4v) is 5.85. The molecule has 0 spiro atoms. The Balaban J connectivity index is 1.62. The molecule has 0 aromatic heterocycles. The van der Waals surface area contributed by atoms with E-state index >= 15 is 0 Å². The highest BCUT2D eigenvalue weighted by molar-refractivity contribution is 9.10. The zero-order valence-electron chi connectivity index (χ0n) is 27.3. The Morgan fingerprint density at radius 3 is 2.33 bits per heavy atom. The minimum Gasteiger partial charge on any atom is -0.496 e. The second-order valence-electron chi connectivity index (χ2n) is 11.0. The lowest BCUT2D eigenvalue weighted by atomic mass is 9.81. The Morgan fingerprint density at radius 1 is 1.00 bits per heavy atom. The van der Waals surface area contributed by atoms with Gasteiger partial charge in [0, 0.05) is 52.2 Å². The van der Waals surface area contributed by atoms with E-state index in [0.29, 0.717) is 64.0 Å². The van der Waals surface area contributed by atoms with Crippen molar-refractivity contribution in [1.29, 1.82) is 0 Å². The SMILES string of the molecule is COc1cc(OC)c(CNC(=O)[C@]2(Cc3ccccc3N=[N+]=[N-])N=C(c3ccc(OCCCO)cc3)O[C@@H]2c2ccc(Br)cc2)c(OC)c1. The van der Waals surface area contributed by atoms with Gasteiger partial charge in [0.2, 0.25) is 5.90 Å². The maximum Gasteiger partial charge on any atom is 0.252 e. The van der Waals surface area contributed by atoms with Crippen LogP contribution >= 0.6 is 15.9 Å². The first-order valence-corrected chi connectivity index (χ1v) is 16.2. The van der Waals surface area contributed by atoms with Crippen LogP contribution in [0.5, 0.6) is 23.0 Å². The predicted octanol–water partition coefficient (Wildman–Crippen LogP) is 6.99. The van der Waals surface area contributed by atoms with Gasteiger partial charge in [0.15, 0.2) is 11.6 Å². The first-order chi connectivity index (χ1) is 23.8. The van der Waals surface area contributed by atoms with Gasteiger partial charge in [0.1, 0.15) is 23.0 Å². The molecule has 0 saturated heterocycles. The van der Waals surface area contributed by atoms with E-state index in [1.54, 1.807) is 61.7 Å². The summed E-state index contributed by atoms with van der Waals surface area (Å²) in [6.45, 7) is 0.439. The summed E-state index contributed by atoms with van der Waals surface area (Å²) in [6.07, 6.45) is -0.331. The zero-order valence-corrected chi connectivity index (χ0v) is 28.8. The Hall–Kier alpha value is -5.23. The molecule has 1 aliphatic rings. The molecule has 0 unspecified atom stereocenters. The van der Waals surface area contributed by atoms with Crippen LogP contribution in [0.25, 0.3) is 10.4 Å². The molecule has 1 amide bonds. The number of carbonyl (C=O) groups excluding carboxylic acids is 1. The van der Waals surface area contributed by atoms with Crippen molar-refractivity contribution in [2.24, 2.45) is 10.1 Å².